The number of aliphatic hydroxyl groups excluding tert-OH is 1. The van der Waals surface area contributed by atoms with Crippen LogP contribution in [-0.2, 0) is 5.60 Å². The van der Waals surface area contributed by atoms with Crippen LogP contribution in [0.15, 0.2) is 66.9 Å². The van der Waals surface area contributed by atoms with Crippen molar-refractivity contribution < 1.29 is 15.0 Å². The standard InChI is InChI=1S/C31H36ClN7O3/c32-24-7-5-23(6-8-24)31(42)13-19-38(20-14-31)27-2-1-16-39-28(27)35-30(36-39)34-25-9-3-22(4-10-25)29(41)33-15-21-37-17-11-26(40)12-18-37/h1-10,16,26,40,42H,11-15,17-21H2,(H,33,41)(H,34,36). The van der Waals surface area contributed by atoms with Gasteiger partial charge in [-0.1, -0.05) is 23.7 Å². The molecule has 0 unspecified atom stereocenters. The number of benzene rings is 2. The number of piperidine rings is 2. The summed E-state index contributed by atoms with van der Waals surface area (Å²) in [6, 6.07) is 18.7. The minimum atomic E-state index is -0.882. The van der Waals surface area contributed by atoms with Crippen LogP contribution < -0.4 is 15.5 Å². The zero-order valence-electron chi connectivity index (χ0n) is 23.4. The third kappa shape index (κ3) is 6.37. The van der Waals surface area contributed by atoms with Gasteiger partial charge in [0.05, 0.1) is 17.4 Å². The van der Waals surface area contributed by atoms with Crippen LogP contribution in [0, 0.1) is 0 Å². The van der Waals surface area contributed by atoms with E-state index < -0.39 is 5.60 Å². The number of halogens is 1. The average Bonchev–Trinajstić information content (AvgIpc) is 3.42. The number of amides is 1. The molecule has 42 heavy (non-hydrogen) atoms. The van der Waals surface area contributed by atoms with Crippen LogP contribution in [0.4, 0.5) is 17.3 Å². The Morgan fingerprint density at radius 2 is 1.71 bits per heavy atom. The maximum atomic E-state index is 12.6. The van der Waals surface area contributed by atoms with E-state index in [1.54, 1.807) is 16.6 Å². The lowest BCUT2D eigenvalue weighted by molar-refractivity contribution is 0.0118. The molecular formula is C31H36ClN7O3. The quantitative estimate of drug-likeness (QED) is 0.245. The Morgan fingerprint density at radius 1 is 1.00 bits per heavy atom. The predicted molar refractivity (Wildman–Crippen MR) is 164 cm³/mol. The van der Waals surface area contributed by atoms with Crippen molar-refractivity contribution in [1.82, 2.24) is 24.8 Å². The number of nitrogens with one attached hydrogen (secondary N) is 2. The first-order valence-electron chi connectivity index (χ1n) is 14.5. The molecule has 10 nitrogen and oxygen atoms in total. The molecule has 2 aliphatic rings. The molecule has 2 aliphatic heterocycles. The van der Waals surface area contributed by atoms with Crippen molar-refractivity contribution in [3.8, 4) is 0 Å². The number of pyridine rings is 1. The van der Waals surface area contributed by atoms with E-state index in [2.05, 4.69) is 25.5 Å². The van der Waals surface area contributed by atoms with Crippen molar-refractivity contribution in [2.24, 2.45) is 0 Å². The summed E-state index contributed by atoms with van der Waals surface area (Å²) in [6.45, 7) is 4.43. The lowest BCUT2D eigenvalue weighted by atomic mass is 9.84. The van der Waals surface area contributed by atoms with Gasteiger partial charge in [-0.25, -0.2) is 4.52 Å². The molecule has 0 radical (unpaired) electrons. The van der Waals surface area contributed by atoms with Gasteiger partial charge < -0.3 is 30.6 Å². The molecule has 220 valence electrons. The maximum absolute atomic E-state index is 12.6. The van der Waals surface area contributed by atoms with Gasteiger partial charge in [0, 0.05) is 61.7 Å². The minimum Gasteiger partial charge on any atom is -0.393 e. The Morgan fingerprint density at radius 3 is 2.43 bits per heavy atom. The highest BCUT2D eigenvalue weighted by Gasteiger charge is 2.34. The average molecular weight is 590 g/mol. The number of likely N-dealkylation sites (tertiary alicyclic amines) is 1. The van der Waals surface area contributed by atoms with Crippen LogP contribution in [0.5, 0.6) is 0 Å². The van der Waals surface area contributed by atoms with E-state index in [1.165, 1.54) is 0 Å². The first-order valence-corrected chi connectivity index (χ1v) is 14.9. The topological polar surface area (TPSA) is 118 Å². The van der Waals surface area contributed by atoms with Gasteiger partial charge in [-0.2, -0.15) is 4.98 Å². The second-order valence-electron chi connectivity index (χ2n) is 11.2. The first kappa shape index (κ1) is 28.4. The molecule has 0 saturated carbocycles. The number of nitrogens with zero attached hydrogens (tertiary/aromatic N) is 5. The van der Waals surface area contributed by atoms with E-state index in [-0.39, 0.29) is 12.0 Å². The molecule has 2 aromatic heterocycles. The third-order valence-electron chi connectivity index (χ3n) is 8.33. The molecule has 0 spiro atoms. The van der Waals surface area contributed by atoms with Gasteiger partial charge in [-0.15, -0.1) is 5.10 Å². The van der Waals surface area contributed by atoms with E-state index in [9.17, 15) is 15.0 Å². The van der Waals surface area contributed by atoms with Crippen molar-refractivity contribution >= 4 is 40.5 Å². The predicted octanol–water partition coefficient (Wildman–Crippen LogP) is 3.80. The van der Waals surface area contributed by atoms with Crippen LogP contribution in [0.25, 0.3) is 5.65 Å². The molecule has 0 atom stereocenters. The second kappa shape index (κ2) is 12.3. The number of carbonyl (C=O) groups is 1. The second-order valence-corrected chi connectivity index (χ2v) is 11.6. The van der Waals surface area contributed by atoms with Crippen molar-refractivity contribution in [3.63, 3.8) is 0 Å². The Labute approximate surface area is 249 Å². The maximum Gasteiger partial charge on any atom is 0.251 e. The molecule has 2 aromatic carbocycles. The van der Waals surface area contributed by atoms with Crippen LogP contribution in [0.2, 0.25) is 5.02 Å². The van der Waals surface area contributed by atoms with Crippen LogP contribution in [0.3, 0.4) is 0 Å². The first-order chi connectivity index (χ1) is 20.4. The lowest BCUT2D eigenvalue weighted by Gasteiger charge is -2.39. The number of fused-ring (bicyclic) bond motifs is 1. The van der Waals surface area contributed by atoms with E-state index in [0.717, 1.165) is 55.1 Å². The zero-order chi connectivity index (χ0) is 29.1. The molecule has 0 aliphatic carbocycles. The summed E-state index contributed by atoms with van der Waals surface area (Å²) in [7, 11) is 0. The fraction of sp³-hybridized carbons (Fsp3) is 0.387. The summed E-state index contributed by atoms with van der Waals surface area (Å²) in [5, 5.41) is 32.4. The molecule has 6 rings (SSSR count). The number of hydrogen-bond acceptors (Lipinski definition) is 8. The van der Waals surface area contributed by atoms with Gasteiger partial charge >= 0.3 is 0 Å². The number of aliphatic hydroxyl groups is 2. The Hall–Kier alpha value is -3.70. The van der Waals surface area contributed by atoms with Gasteiger partial charge in [0.25, 0.3) is 5.91 Å². The summed E-state index contributed by atoms with van der Waals surface area (Å²) in [4.78, 5) is 21.9. The Balaban J connectivity index is 1.06. The molecule has 4 N–H and O–H groups in total. The SMILES string of the molecule is O=C(NCCN1CCC(O)CC1)c1ccc(Nc2nc3c(N4CCC(O)(c5ccc(Cl)cc5)CC4)cccn3n2)cc1. The van der Waals surface area contributed by atoms with Crippen LogP contribution in [0.1, 0.15) is 41.6 Å². The largest absolute Gasteiger partial charge is 0.393 e. The molecular weight excluding hydrogens is 554 g/mol. The highest BCUT2D eigenvalue weighted by Crippen LogP contribution is 2.36. The van der Waals surface area contributed by atoms with Gasteiger partial charge in [0.15, 0.2) is 5.65 Å². The summed E-state index contributed by atoms with van der Waals surface area (Å²) in [6.07, 6.45) is 4.44. The molecule has 4 heterocycles. The van der Waals surface area contributed by atoms with Crippen LogP contribution in [-0.4, -0.2) is 81.0 Å². The molecule has 1 amide bonds. The van der Waals surface area contributed by atoms with Gasteiger partial charge in [0.1, 0.15) is 0 Å². The summed E-state index contributed by atoms with van der Waals surface area (Å²) >= 11 is 6.04. The van der Waals surface area contributed by atoms with E-state index in [1.807, 2.05) is 54.7 Å². The normalized spacial score (nSPS) is 17.8. The monoisotopic (exact) mass is 589 g/mol. The molecule has 2 saturated heterocycles. The van der Waals surface area contributed by atoms with E-state index >= 15 is 0 Å². The van der Waals surface area contributed by atoms with E-state index in [0.29, 0.717) is 49.0 Å². The highest BCUT2D eigenvalue weighted by molar-refractivity contribution is 6.30. The van der Waals surface area contributed by atoms with Gasteiger partial charge in [-0.05, 0) is 79.8 Å². The third-order valence-corrected chi connectivity index (χ3v) is 8.58. The van der Waals surface area contributed by atoms with Gasteiger partial charge in [-0.3, -0.25) is 4.79 Å². The van der Waals surface area contributed by atoms with Crippen molar-refractivity contribution in [1.29, 1.82) is 0 Å². The number of aromatic nitrogens is 3. The number of rotatable bonds is 8. The highest BCUT2D eigenvalue weighted by atomic mass is 35.5. The van der Waals surface area contributed by atoms with Crippen LogP contribution >= 0.6 is 11.6 Å². The fourth-order valence-electron chi connectivity index (χ4n) is 5.76. The number of anilines is 3. The number of carbonyl (C=O) groups excluding carboxylic acids is 1. The lowest BCUT2D eigenvalue weighted by Crippen LogP contribution is -2.42. The summed E-state index contributed by atoms with van der Waals surface area (Å²) in [5.74, 6) is 0.347. The Kier molecular flexibility index (Phi) is 8.30. The number of hydrogen-bond donors (Lipinski definition) is 4. The zero-order valence-corrected chi connectivity index (χ0v) is 24.2. The fourth-order valence-corrected chi connectivity index (χ4v) is 5.89. The van der Waals surface area contributed by atoms with Gasteiger partial charge in [0.2, 0.25) is 5.95 Å². The van der Waals surface area contributed by atoms with Crippen molar-refractivity contribution in [2.75, 3.05) is 49.5 Å². The molecule has 0 bridgehead atoms. The smallest absolute Gasteiger partial charge is 0.251 e. The molecule has 4 aromatic rings. The van der Waals surface area contributed by atoms with Crippen molar-refractivity contribution in [3.05, 3.63) is 83.0 Å². The van der Waals surface area contributed by atoms with E-state index in [4.69, 9.17) is 16.6 Å². The summed E-state index contributed by atoms with van der Waals surface area (Å²) < 4.78 is 1.75. The van der Waals surface area contributed by atoms with Crippen molar-refractivity contribution in [2.45, 2.75) is 37.4 Å². The molecule has 2 fully saturated rings. The minimum absolute atomic E-state index is 0.112. The Bertz CT molecular complexity index is 1510. The molecule has 11 heteroatoms. The summed E-state index contributed by atoms with van der Waals surface area (Å²) in [5.41, 5.74) is 3.07.